The Balaban J connectivity index is 4.21. The zero-order chi connectivity index (χ0) is 41.1. The number of hydrogen-bond acceptors (Lipinski definition) is 8. The highest BCUT2D eigenvalue weighted by Gasteiger charge is 2.26. The molecule has 326 valence electrons. The molecule has 0 aromatic carbocycles. The van der Waals surface area contributed by atoms with Crippen LogP contribution in [0.25, 0.3) is 0 Å². The monoisotopic (exact) mass is 810 g/mol. The molecule has 0 aliphatic carbocycles. The van der Waals surface area contributed by atoms with Gasteiger partial charge in [-0.1, -0.05) is 152 Å². The number of ether oxygens (including phenoxy) is 2. The van der Waals surface area contributed by atoms with Gasteiger partial charge in [0, 0.05) is 19.4 Å². The molecule has 10 heteroatoms. The Morgan fingerprint density at radius 2 is 0.964 bits per heavy atom. The molecule has 0 bridgehead atoms. The largest absolute Gasteiger partial charge is 0.472 e. The number of phosphoric ester groups is 1. The topological polar surface area (TPSA) is 120 Å². The summed E-state index contributed by atoms with van der Waals surface area (Å²) < 4.78 is 33.2. The van der Waals surface area contributed by atoms with E-state index in [0.717, 1.165) is 64.2 Å². The molecule has 0 spiro atoms. The van der Waals surface area contributed by atoms with Crippen molar-refractivity contribution in [2.45, 2.75) is 200 Å². The predicted molar refractivity (Wildman–Crippen MR) is 234 cm³/mol. The lowest BCUT2D eigenvalue weighted by Gasteiger charge is -2.20. The van der Waals surface area contributed by atoms with Crippen molar-refractivity contribution in [1.29, 1.82) is 0 Å². The minimum atomic E-state index is -4.36. The van der Waals surface area contributed by atoms with Gasteiger partial charge >= 0.3 is 19.8 Å². The molecule has 2 N–H and O–H groups in total. The molecule has 0 aliphatic rings. The SMILES string of the molecule is CCCCC/C=C\C/C=C\CCCCCCCCCCCC(=O)OCC(COP(=O)(O)OCCNC)OC(=O)CCCCCCC/C=C\C/C=C\CCCCC. The summed E-state index contributed by atoms with van der Waals surface area (Å²) in [7, 11) is -2.66. The van der Waals surface area contributed by atoms with Gasteiger partial charge in [-0.3, -0.25) is 18.6 Å². The van der Waals surface area contributed by atoms with Crippen molar-refractivity contribution in [1.82, 2.24) is 5.32 Å². The van der Waals surface area contributed by atoms with Gasteiger partial charge in [0.25, 0.3) is 0 Å². The summed E-state index contributed by atoms with van der Waals surface area (Å²) in [5.74, 6) is -0.827. The van der Waals surface area contributed by atoms with Gasteiger partial charge in [0.1, 0.15) is 6.61 Å². The minimum absolute atomic E-state index is 0.0217. The van der Waals surface area contributed by atoms with Crippen molar-refractivity contribution in [3.05, 3.63) is 48.6 Å². The van der Waals surface area contributed by atoms with Crippen molar-refractivity contribution in [2.24, 2.45) is 0 Å². The second-order valence-corrected chi connectivity index (χ2v) is 16.3. The standard InChI is InChI=1S/C46H84NO8P/c1-4-6-8-10-12-14-16-18-20-21-22-23-25-26-28-30-32-34-36-38-45(48)52-42-44(43-54-56(50,51)53-41-40-47-3)55-46(49)39-37-35-33-31-29-27-24-19-17-15-13-11-9-7-5-2/h12-15,18-20,24,44,47H,4-11,16-17,21-23,25-43H2,1-3H3,(H,50,51)/b14-12-,15-13-,20-18-,24-19-. The van der Waals surface area contributed by atoms with Crippen LogP contribution in [0.3, 0.4) is 0 Å². The van der Waals surface area contributed by atoms with Crippen LogP contribution in [0.4, 0.5) is 0 Å². The van der Waals surface area contributed by atoms with Crippen LogP contribution in [0, 0.1) is 0 Å². The summed E-state index contributed by atoms with van der Waals surface area (Å²) in [6, 6.07) is 0. The number of carbonyl (C=O) groups is 2. The van der Waals surface area contributed by atoms with Crippen LogP contribution in [-0.2, 0) is 32.7 Å². The molecular formula is C46H84NO8P. The molecule has 0 fully saturated rings. The fourth-order valence-corrected chi connectivity index (χ4v) is 6.72. The Morgan fingerprint density at radius 3 is 1.41 bits per heavy atom. The second kappa shape index (κ2) is 42.6. The summed E-state index contributed by atoms with van der Waals surface area (Å²) in [5.41, 5.74) is 0. The van der Waals surface area contributed by atoms with Gasteiger partial charge in [-0.25, -0.2) is 4.57 Å². The molecule has 9 nitrogen and oxygen atoms in total. The molecule has 0 aliphatic heterocycles. The number of hydrogen-bond donors (Lipinski definition) is 2. The van der Waals surface area contributed by atoms with E-state index in [9.17, 15) is 19.0 Å². The number of esters is 2. The van der Waals surface area contributed by atoms with Gasteiger partial charge in [-0.05, 0) is 84.1 Å². The van der Waals surface area contributed by atoms with E-state index in [1.807, 2.05) is 0 Å². The highest BCUT2D eigenvalue weighted by molar-refractivity contribution is 7.47. The van der Waals surface area contributed by atoms with E-state index in [0.29, 0.717) is 13.0 Å². The van der Waals surface area contributed by atoms with E-state index in [1.165, 1.54) is 96.3 Å². The van der Waals surface area contributed by atoms with Crippen molar-refractivity contribution in [3.63, 3.8) is 0 Å². The Labute approximate surface area is 343 Å². The Kier molecular flexibility index (Phi) is 41.0. The van der Waals surface area contributed by atoms with Gasteiger partial charge in [0.15, 0.2) is 6.10 Å². The molecule has 0 aromatic rings. The number of likely N-dealkylation sites (N-methyl/N-ethyl adjacent to an activating group) is 1. The number of allylic oxidation sites excluding steroid dienone is 8. The van der Waals surface area contributed by atoms with Crippen LogP contribution < -0.4 is 5.32 Å². The van der Waals surface area contributed by atoms with Gasteiger partial charge in [0.05, 0.1) is 13.2 Å². The summed E-state index contributed by atoms with van der Waals surface area (Å²) in [5, 5.41) is 2.82. The van der Waals surface area contributed by atoms with Crippen LogP contribution in [0.1, 0.15) is 194 Å². The lowest BCUT2D eigenvalue weighted by Crippen LogP contribution is -2.29. The molecule has 0 heterocycles. The normalized spacial score (nSPS) is 13.7. The van der Waals surface area contributed by atoms with Crippen molar-refractivity contribution < 1.29 is 37.6 Å². The minimum Gasteiger partial charge on any atom is -0.462 e. The van der Waals surface area contributed by atoms with Crippen LogP contribution in [0.15, 0.2) is 48.6 Å². The zero-order valence-corrected chi connectivity index (χ0v) is 37.0. The van der Waals surface area contributed by atoms with Crippen molar-refractivity contribution in [3.8, 4) is 0 Å². The van der Waals surface area contributed by atoms with E-state index in [4.69, 9.17) is 18.5 Å². The second-order valence-electron chi connectivity index (χ2n) is 14.9. The number of phosphoric acid groups is 1. The fraction of sp³-hybridized carbons (Fsp3) is 0.783. The predicted octanol–water partition coefficient (Wildman–Crippen LogP) is 13.0. The van der Waals surface area contributed by atoms with Gasteiger partial charge in [-0.2, -0.15) is 0 Å². The smallest absolute Gasteiger partial charge is 0.462 e. The molecule has 0 radical (unpaired) electrons. The van der Waals surface area contributed by atoms with Crippen molar-refractivity contribution >= 4 is 19.8 Å². The molecule has 0 saturated carbocycles. The van der Waals surface area contributed by atoms with E-state index in [2.05, 4.69) is 67.8 Å². The quantitative estimate of drug-likeness (QED) is 0.0269. The zero-order valence-electron chi connectivity index (χ0n) is 36.1. The van der Waals surface area contributed by atoms with Crippen molar-refractivity contribution in [2.75, 3.05) is 33.4 Å². The molecule has 0 rings (SSSR count). The third-order valence-corrected chi connectivity index (χ3v) is 10.4. The first-order valence-corrected chi connectivity index (χ1v) is 24.1. The molecule has 56 heavy (non-hydrogen) atoms. The molecule has 2 unspecified atom stereocenters. The molecule has 0 aromatic heterocycles. The third-order valence-electron chi connectivity index (χ3n) is 9.42. The van der Waals surface area contributed by atoms with Crippen LogP contribution >= 0.6 is 7.82 Å². The maximum Gasteiger partial charge on any atom is 0.472 e. The number of rotatable bonds is 42. The molecule has 0 amide bonds. The molecular weight excluding hydrogens is 725 g/mol. The average Bonchev–Trinajstić information content (AvgIpc) is 3.18. The van der Waals surface area contributed by atoms with E-state index < -0.39 is 26.5 Å². The lowest BCUT2D eigenvalue weighted by molar-refractivity contribution is -0.161. The Hall–Kier alpha value is -2.03. The maximum absolute atomic E-state index is 12.6. The first-order chi connectivity index (χ1) is 27.3. The maximum atomic E-state index is 12.6. The van der Waals surface area contributed by atoms with Crippen LogP contribution in [0.5, 0.6) is 0 Å². The number of carbonyl (C=O) groups excluding carboxylic acids is 2. The van der Waals surface area contributed by atoms with E-state index in [1.54, 1.807) is 7.05 Å². The first kappa shape index (κ1) is 54.0. The lowest BCUT2D eigenvalue weighted by atomic mass is 10.1. The highest BCUT2D eigenvalue weighted by atomic mass is 31.2. The highest BCUT2D eigenvalue weighted by Crippen LogP contribution is 2.43. The van der Waals surface area contributed by atoms with Gasteiger partial charge in [0.2, 0.25) is 0 Å². The van der Waals surface area contributed by atoms with E-state index in [-0.39, 0.29) is 32.0 Å². The Bertz CT molecular complexity index is 1060. The molecule has 2 atom stereocenters. The summed E-state index contributed by atoms with van der Waals surface area (Å²) in [4.78, 5) is 35.1. The fourth-order valence-electron chi connectivity index (χ4n) is 5.97. The number of unbranched alkanes of at least 4 members (excludes halogenated alkanes) is 20. The number of nitrogens with one attached hydrogen (secondary N) is 1. The van der Waals surface area contributed by atoms with Gasteiger partial charge < -0.3 is 19.7 Å². The first-order valence-electron chi connectivity index (χ1n) is 22.6. The Morgan fingerprint density at radius 1 is 0.554 bits per heavy atom. The molecule has 0 saturated heterocycles. The van der Waals surface area contributed by atoms with Crippen LogP contribution in [-0.4, -0.2) is 56.3 Å². The van der Waals surface area contributed by atoms with Gasteiger partial charge in [-0.15, -0.1) is 0 Å². The summed E-state index contributed by atoms with van der Waals surface area (Å²) in [6.45, 7) is 4.16. The average molecular weight is 810 g/mol. The van der Waals surface area contributed by atoms with E-state index >= 15 is 0 Å². The van der Waals surface area contributed by atoms with Crippen LogP contribution in [0.2, 0.25) is 0 Å². The summed E-state index contributed by atoms with van der Waals surface area (Å²) >= 11 is 0. The third kappa shape index (κ3) is 41.6. The summed E-state index contributed by atoms with van der Waals surface area (Å²) in [6.07, 6.45) is 47.2.